The molecule has 3 nitrogen and oxygen atoms in total. The van der Waals surface area contributed by atoms with Crippen molar-refractivity contribution in [1.29, 1.82) is 0 Å². The maximum atomic E-state index is 11.9. The summed E-state index contributed by atoms with van der Waals surface area (Å²) < 4.78 is 1.96. The van der Waals surface area contributed by atoms with Crippen LogP contribution >= 0.6 is 11.6 Å². The van der Waals surface area contributed by atoms with Crippen molar-refractivity contribution in [2.45, 2.75) is 19.9 Å². The molecule has 0 aliphatic heterocycles. The molecular weight excluding hydrogens is 284 g/mol. The number of fused-ring (bicyclic) bond motifs is 1. The Labute approximate surface area is 128 Å². The maximum absolute atomic E-state index is 11.9. The summed E-state index contributed by atoms with van der Waals surface area (Å²) in [4.78, 5) is 16.5. The third-order valence-electron chi connectivity index (χ3n) is 3.69. The molecule has 1 heterocycles. The second-order valence-electron chi connectivity index (χ2n) is 5.06. The molecule has 1 unspecified atom stereocenters. The number of carbonyl (C=O) groups is 1. The average molecular weight is 299 g/mol. The second-order valence-corrected chi connectivity index (χ2v) is 5.47. The molecule has 0 N–H and O–H groups in total. The van der Waals surface area contributed by atoms with Crippen LogP contribution in [0.2, 0.25) is 5.02 Å². The Hall–Kier alpha value is -2.13. The lowest BCUT2D eigenvalue weighted by molar-refractivity contribution is -0.119. The molecule has 0 fully saturated rings. The highest BCUT2D eigenvalue weighted by Gasteiger charge is 2.20. The minimum atomic E-state index is -0.288. The third-order valence-corrected chi connectivity index (χ3v) is 4.02. The largest absolute Gasteiger partial charge is 0.314 e. The molecule has 0 aliphatic carbocycles. The Kier molecular flexibility index (Phi) is 3.52. The number of ketones is 1. The summed E-state index contributed by atoms with van der Waals surface area (Å²) in [5.41, 5.74) is 2.64. The first-order valence-electron chi connectivity index (χ1n) is 6.82. The van der Waals surface area contributed by atoms with Gasteiger partial charge in [0.2, 0.25) is 0 Å². The molecule has 3 rings (SSSR count). The van der Waals surface area contributed by atoms with Crippen LogP contribution in [-0.4, -0.2) is 15.3 Å². The predicted molar refractivity (Wildman–Crippen MR) is 85.6 cm³/mol. The number of Topliss-reactive ketones (excluding diaryl/α,β-unsaturated/α-hetero) is 1. The minimum absolute atomic E-state index is 0.0893. The highest BCUT2D eigenvalue weighted by atomic mass is 35.5. The zero-order valence-electron chi connectivity index (χ0n) is 11.9. The van der Waals surface area contributed by atoms with Gasteiger partial charge in [0.1, 0.15) is 5.82 Å². The summed E-state index contributed by atoms with van der Waals surface area (Å²) in [6.45, 7) is 3.48. The third kappa shape index (κ3) is 2.34. The summed E-state index contributed by atoms with van der Waals surface area (Å²) in [5, 5.41) is 0.629. The lowest BCUT2D eigenvalue weighted by Gasteiger charge is -2.15. The van der Waals surface area contributed by atoms with E-state index in [2.05, 4.69) is 4.98 Å². The van der Waals surface area contributed by atoms with Crippen molar-refractivity contribution in [3.8, 4) is 11.4 Å². The van der Waals surface area contributed by atoms with E-state index in [-0.39, 0.29) is 11.8 Å². The van der Waals surface area contributed by atoms with Gasteiger partial charge in [-0.1, -0.05) is 35.9 Å². The smallest absolute Gasteiger partial charge is 0.152 e. The van der Waals surface area contributed by atoms with Crippen LogP contribution in [0.1, 0.15) is 19.9 Å². The standard InChI is InChI=1S/C17H15ClN2O/c1-11(12(2)21)20-16-10-6-5-9-15(16)19-17(20)13-7-3-4-8-14(13)18/h3-11H,1-2H3. The highest BCUT2D eigenvalue weighted by Crippen LogP contribution is 2.32. The number of aromatic nitrogens is 2. The molecule has 21 heavy (non-hydrogen) atoms. The topological polar surface area (TPSA) is 34.9 Å². The summed E-state index contributed by atoms with van der Waals surface area (Å²) in [6, 6.07) is 15.1. The summed E-state index contributed by atoms with van der Waals surface area (Å²) >= 11 is 6.30. The molecule has 3 aromatic rings. The first kappa shape index (κ1) is 13.8. The van der Waals surface area contributed by atoms with Gasteiger partial charge in [0, 0.05) is 5.56 Å². The number of carbonyl (C=O) groups excluding carboxylic acids is 1. The number of para-hydroxylation sites is 2. The monoisotopic (exact) mass is 298 g/mol. The maximum Gasteiger partial charge on any atom is 0.152 e. The van der Waals surface area contributed by atoms with E-state index in [4.69, 9.17) is 11.6 Å². The fraction of sp³-hybridized carbons (Fsp3) is 0.176. The van der Waals surface area contributed by atoms with Crippen molar-refractivity contribution in [2.75, 3.05) is 0 Å². The molecule has 0 amide bonds. The first-order valence-corrected chi connectivity index (χ1v) is 7.19. The van der Waals surface area contributed by atoms with Gasteiger partial charge in [0.05, 0.1) is 22.1 Å². The Morgan fingerprint density at radius 2 is 1.81 bits per heavy atom. The average Bonchev–Trinajstić information content (AvgIpc) is 2.85. The summed E-state index contributed by atoms with van der Waals surface area (Å²) in [7, 11) is 0. The highest BCUT2D eigenvalue weighted by molar-refractivity contribution is 6.33. The molecular formula is C17H15ClN2O. The van der Waals surface area contributed by atoms with Gasteiger partial charge in [0.25, 0.3) is 0 Å². The van der Waals surface area contributed by atoms with Gasteiger partial charge in [-0.15, -0.1) is 0 Å². The summed E-state index contributed by atoms with van der Waals surface area (Å²) in [6.07, 6.45) is 0. The van der Waals surface area contributed by atoms with E-state index in [9.17, 15) is 4.79 Å². The molecule has 0 bridgehead atoms. The van der Waals surface area contributed by atoms with Gasteiger partial charge in [0.15, 0.2) is 5.78 Å². The van der Waals surface area contributed by atoms with Gasteiger partial charge < -0.3 is 4.57 Å². The van der Waals surface area contributed by atoms with Crippen molar-refractivity contribution < 1.29 is 4.79 Å². The van der Waals surface area contributed by atoms with Crippen molar-refractivity contribution in [2.24, 2.45) is 0 Å². The van der Waals surface area contributed by atoms with Crippen LogP contribution in [0.5, 0.6) is 0 Å². The lowest BCUT2D eigenvalue weighted by Crippen LogP contribution is -2.14. The van der Waals surface area contributed by atoms with E-state index in [1.165, 1.54) is 0 Å². The first-order chi connectivity index (χ1) is 10.1. The van der Waals surface area contributed by atoms with E-state index in [1.807, 2.05) is 60.0 Å². The molecule has 0 saturated heterocycles. The van der Waals surface area contributed by atoms with Crippen molar-refractivity contribution in [3.05, 3.63) is 53.6 Å². The zero-order chi connectivity index (χ0) is 15.0. The quantitative estimate of drug-likeness (QED) is 0.713. The Balaban J connectivity index is 2.34. The lowest BCUT2D eigenvalue weighted by atomic mass is 10.1. The van der Waals surface area contributed by atoms with Crippen molar-refractivity contribution in [1.82, 2.24) is 9.55 Å². The fourth-order valence-corrected chi connectivity index (χ4v) is 2.67. The molecule has 0 spiro atoms. The SMILES string of the molecule is CC(=O)C(C)n1c(-c2ccccc2Cl)nc2ccccc21. The van der Waals surface area contributed by atoms with Crippen molar-refractivity contribution >= 4 is 28.4 Å². The van der Waals surface area contributed by atoms with E-state index in [0.717, 1.165) is 22.4 Å². The van der Waals surface area contributed by atoms with E-state index >= 15 is 0 Å². The molecule has 4 heteroatoms. The van der Waals surface area contributed by atoms with E-state index in [0.29, 0.717) is 5.02 Å². The number of imidazole rings is 1. The number of benzene rings is 2. The number of hydrogen-bond donors (Lipinski definition) is 0. The Morgan fingerprint density at radius 3 is 2.52 bits per heavy atom. The molecule has 106 valence electrons. The minimum Gasteiger partial charge on any atom is -0.314 e. The van der Waals surface area contributed by atoms with E-state index < -0.39 is 0 Å². The van der Waals surface area contributed by atoms with Crippen LogP contribution < -0.4 is 0 Å². The molecule has 0 saturated carbocycles. The molecule has 1 aromatic heterocycles. The van der Waals surface area contributed by atoms with Crippen LogP contribution in [0.4, 0.5) is 0 Å². The zero-order valence-corrected chi connectivity index (χ0v) is 12.6. The van der Waals surface area contributed by atoms with Crippen LogP contribution in [0.15, 0.2) is 48.5 Å². The van der Waals surface area contributed by atoms with Gasteiger partial charge in [-0.3, -0.25) is 4.79 Å². The van der Waals surface area contributed by atoms with Crippen LogP contribution in [0, 0.1) is 0 Å². The van der Waals surface area contributed by atoms with Crippen LogP contribution in [0.25, 0.3) is 22.4 Å². The van der Waals surface area contributed by atoms with Gasteiger partial charge >= 0.3 is 0 Å². The molecule has 2 aromatic carbocycles. The number of rotatable bonds is 3. The second kappa shape index (κ2) is 5.34. The van der Waals surface area contributed by atoms with Crippen molar-refractivity contribution in [3.63, 3.8) is 0 Å². The summed E-state index contributed by atoms with van der Waals surface area (Å²) in [5.74, 6) is 0.816. The molecule has 0 radical (unpaired) electrons. The normalized spacial score (nSPS) is 12.5. The van der Waals surface area contributed by atoms with Gasteiger partial charge in [-0.05, 0) is 38.1 Å². The number of halogens is 1. The van der Waals surface area contributed by atoms with Gasteiger partial charge in [-0.2, -0.15) is 0 Å². The number of hydrogen-bond acceptors (Lipinski definition) is 2. The number of nitrogens with zero attached hydrogens (tertiary/aromatic N) is 2. The molecule has 0 aliphatic rings. The molecule has 1 atom stereocenters. The fourth-order valence-electron chi connectivity index (χ4n) is 2.45. The van der Waals surface area contributed by atoms with E-state index in [1.54, 1.807) is 6.92 Å². The Morgan fingerprint density at radius 1 is 1.14 bits per heavy atom. The predicted octanol–water partition coefficient (Wildman–Crippen LogP) is 4.51. The Bertz CT molecular complexity index is 823. The van der Waals surface area contributed by atoms with Crippen LogP contribution in [0.3, 0.4) is 0 Å². The van der Waals surface area contributed by atoms with Crippen LogP contribution in [-0.2, 0) is 4.79 Å². The van der Waals surface area contributed by atoms with Gasteiger partial charge in [-0.25, -0.2) is 4.98 Å².